The molecule has 1 aromatic rings. The number of benzene rings is 1. The fraction of sp³-hybridized carbons (Fsp3) is 0.364. The summed E-state index contributed by atoms with van der Waals surface area (Å²) in [4.78, 5) is 11.3. The van der Waals surface area contributed by atoms with E-state index in [0.29, 0.717) is 5.56 Å². The van der Waals surface area contributed by atoms with Crippen molar-refractivity contribution in [3.05, 3.63) is 29.8 Å². The summed E-state index contributed by atoms with van der Waals surface area (Å²) in [6.07, 6.45) is 1.38. The first-order valence-corrected chi connectivity index (χ1v) is 6.86. The highest BCUT2D eigenvalue weighted by Crippen LogP contribution is 2.12. The molecule has 0 saturated carbocycles. The van der Waals surface area contributed by atoms with Crippen LogP contribution in [0.25, 0.3) is 0 Å². The Labute approximate surface area is 113 Å². The summed E-state index contributed by atoms with van der Waals surface area (Å²) in [5.74, 6) is -0.519. The van der Waals surface area contributed by atoms with Gasteiger partial charge in [0.05, 0.1) is 12.0 Å². The predicted molar refractivity (Wildman–Crippen MR) is 70.5 cm³/mol. The number of esters is 1. The summed E-state index contributed by atoms with van der Waals surface area (Å²) in [5.41, 5.74) is 6.28. The van der Waals surface area contributed by atoms with E-state index in [9.17, 15) is 13.2 Å². The number of sulfone groups is 1. The van der Waals surface area contributed by atoms with E-state index in [0.717, 1.165) is 6.26 Å². The molecule has 0 amide bonds. The zero-order valence-corrected chi connectivity index (χ0v) is 11.8. The first-order chi connectivity index (χ1) is 7.84. The molecule has 1 unspecified atom stereocenters. The molecule has 0 radical (unpaired) electrons. The predicted octanol–water partition coefficient (Wildman–Crippen LogP) is 0.555. The third-order valence-corrected chi connectivity index (χ3v) is 3.40. The average Bonchev–Trinajstić information content (AvgIpc) is 2.27. The summed E-state index contributed by atoms with van der Waals surface area (Å²) in [5, 5.41) is 0. The molecule has 18 heavy (non-hydrogen) atoms. The van der Waals surface area contributed by atoms with E-state index >= 15 is 0 Å². The van der Waals surface area contributed by atoms with Crippen molar-refractivity contribution >= 4 is 28.2 Å². The van der Waals surface area contributed by atoms with Crippen LogP contribution in [0.15, 0.2) is 29.2 Å². The van der Waals surface area contributed by atoms with Gasteiger partial charge in [-0.1, -0.05) is 12.1 Å². The molecule has 0 spiro atoms. The molecular weight excluding hydrogens is 278 g/mol. The minimum absolute atomic E-state index is 0. The molecule has 0 heterocycles. The second-order valence-corrected chi connectivity index (χ2v) is 5.77. The van der Waals surface area contributed by atoms with E-state index in [1.54, 1.807) is 12.1 Å². The van der Waals surface area contributed by atoms with Gasteiger partial charge in [-0.2, -0.15) is 0 Å². The maximum absolute atomic E-state index is 11.3. The maximum atomic E-state index is 11.3. The Hall–Kier alpha value is -1.11. The molecule has 0 aliphatic heterocycles. The van der Waals surface area contributed by atoms with Gasteiger partial charge in [0.15, 0.2) is 9.84 Å². The van der Waals surface area contributed by atoms with Crippen LogP contribution in [-0.4, -0.2) is 33.8 Å². The van der Waals surface area contributed by atoms with Gasteiger partial charge in [0.1, 0.15) is 6.04 Å². The Bertz CT molecular complexity index is 516. The molecule has 1 aromatic carbocycles. The fourth-order valence-corrected chi connectivity index (χ4v) is 2.08. The second-order valence-electron chi connectivity index (χ2n) is 3.75. The first-order valence-electron chi connectivity index (χ1n) is 4.97. The SMILES string of the molecule is COC(=O)C(N)Cc1cccc(S(C)(=O)=O)c1.Cl. The van der Waals surface area contributed by atoms with Gasteiger partial charge in [0, 0.05) is 6.26 Å². The zero-order valence-electron chi connectivity index (χ0n) is 10.1. The van der Waals surface area contributed by atoms with Crippen molar-refractivity contribution in [1.29, 1.82) is 0 Å². The standard InChI is InChI=1S/C11H15NO4S.ClH/c1-16-11(13)10(12)7-8-4-3-5-9(6-8)17(2,14)15;/h3-6,10H,7,12H2,1-2H3;1H. The monoisotopic (exact) mass is 293 g/mol. The highest BCUT2D eigenvalue weighted by molar-refractivity contribution is 7.90. The molecule has 0 aliphatic carbocycles. The van der Waals surface area contributed by atoms with Gasteiger partial charge in [-0.15, -0.1) is 12.4 Å². The lowest BCUT2D eigenvalue weighted by molar-refractivity contribution is -0.142. The number of methoxy groups -OCH3 is 1. The van der Waals surface area contributed by atoms with Crippen LogP contribution in [0.3, 0.4) is 0 Å². The minimum Gasteiger partial charge on any atom is -0.468 e. The first kappa shape index (κ1) is 16.9. The molecular formula is C11H16ClNO4S. The lowest BCUT2D eigenvalue weighted by atomic mass is 10.1. The van der Waals surface area contributed by atoms with Crippen LogP contribution in [0, 0.1) is 0 Å². The van der Waals surface area contributed by atoms with Crippen molar-refractivity contribution in [2.24, 2.45) is 5.73 Å². The maximum Gasteiger partial charge on any atom is 0.322 e. The number of carbonyl (C=O) groups is 1. The van der Waals surface area contributed by atoms with Crippen molar-refractivity contribution in [1.82, 2.24) is 0 Å². The highest BCUT2D eigenvalue weighted by atomic mass is 35.5. The Morgan fingerprint density at radius 1 is 1.44 bits per heavy atom. The molecule has 1 rings (SSSR count). The van der Waals surface area contributed by atoms with E-state index in [2.05, 4.69) is 4.74 Å². The van der Waals surface area contributed by atoms with Gasteiger partial charge >= 0.3 is 5.97 Å². The molecule has 7 heteroatoms. The second kappa shape index (κ2) is 6.72. The topological polar surface area (TPSA) is 86.5 Å². The molecule has 0 aliphatic rings. The number of hydrogen-bond acceptors (Lipinski definition) is 5. The smallest absolute Gasteiger partial charge is 0.322 e. The van der Waals surface area contributed by atoms with E-state index in [1.807, 2.05) is 0 Å². The van der Waals surface area contributed by atoms with Crippen LogP contribution < -0.4 is 5.73 Å². The molecule has 0 bridgehead atoms. The van der Waals surface area contributed by atoms with Crippen LogP contribution in [0.5, 0.6) is 0 Å². The van der Waals surface area contributed by atoms with Crippen molar-refractivity contribution in [3.63, 3.8) is 0 Å². The molecule has 0 fully saturated rings. The molecule has 1 atom stereocenters. The van der Waals surface area contributed by atoms with Crippen molar-refractivity contribution in [2.45, 2.75) is 17.4 Å². The van der Waals surface area contributed by atoms with Gasteiger partial charge in [0.25, 0.3) is 0 Å². The van der Waals surface area contributed by atoms with Crippen molar-refractivity contribution in [2.75, 3.05) is 13.4 Å². The third kappa shape index (κ3) is 4.64. The lowest BCUT2D eigenvalue weighted by Gasteiger charge is -2.09. The van der Waals surface area contributed by atoms with E-state index in [1.165, 1.54) is 19.2 Å². The summed E-state index contributed by atoms with van der Waals surface area (Å²) in [6.45, 7) is 0. The average molecular weight is 294 g/mol. The van der Waals surface area contributed by atoms with Gasteiger partial charge in [-0.25, -0.2) is 8.42 Å². The molecule has 0 aromatic heterocycles. The largest absolute Gasteiger partial charge is 0.468 e. The van der Waals surface area contributed by atoms with Gasteiger partial charge in [0.2, 0.25) is 0 Å². The van der Waals surface area contributed by atoms with Gasteiger partial charge in [-0.05, 0) is 24.1 Å². The van der Waals surface area contributed by atoms with Crippen molar-refractivity contribution < 1.29 is 17.9 Å². The van der Waals surface area contributed by atoms with Crippen LogP contribution in [-0.2, 0) is 25.8 Å². The zero-order chi connectivity index (χ0) is 13.1. The van der Waals surface area contributed by atoms with Crippen LogP contribution in [0.2, 0.25) is 0 Å². The summed E-state index contributed by atoms with van der Waals surface area (Å²) >= 11 is 0. The van der Waals surface area contributed by atoms with E-state index < -0.39 is 21.8 Å². The molecule has 5 nitrogen and oxygen atoms in total. The third-order valence-electron chi connectivity index (χ3n) is 2.29. The number of nitrogens with two attached hydrogens (primary N) is 1. The number of rotatable bonds is 4. The molecule has 102 valence electrons. The van der Waals surface area contributed by atoms with E-state index in [4.69, 9.17) is 5.73 Å². The summed E-state index contributed by atoms with van der Waals surface area (Å²) < 4.78 is 27.2. The van der Waals surface area contributed by atoms with Gasteiger partial charge < -0.3 is 10.5 Å². The Morgan fingerprint density at radius 3 is 2.56 bits per heavy atom. The lowest BCUT2D eigenvalue weighted by Crippen LogP contribution is -2.33. The van der Waals surface area contributed by atoms with Crippen LogP contribution >= 0.6 is 12.4 Å². The normalized spacial score (nSPS) is 12.4. The molecule has 2 N–H and O–H groups in total. The fourth-order valence-electron chi connectivity index (χ4n) is 1.39. The van der Waals surface area contributed by atoms with Crippen LogP contribution in [0.4, 0.5) is 0 Å². The Morgan fingerprint density at radius 2 is 2.06 bits per heavy atom. The summed E-state index contributed by atoms with van der Waals surface area (Å²) in [6, 6.07) is 5.57. The highest BCUT2D eigenvalue weighted by Gasteiger charge is 2.15. The van der Waals surface area contributed by atoms with Crippen LogP contribution in [0.1, 0.15) is 5.56 Å². The Balaban J connectivity index is 0.00000289. The minimum atomic E-state index is -3.24. The number of ether oxygens (including phenoxy) is 1. The molecule has 0 saturated heterocycles. The summed E-state index contributed by atoms with van der Waals surface area (Å²) in [7, 11) is -1.98. The Kier molecular flexibility index (Phi) is 6.31. The van der Waals surface area contributed by atoms with Gasteiger partial charge in [-0.3, -0.25) is 4.79 Å². The number of halogens is 1. The van der Waals surface area contributed by atoms with Crippen molar-refractivity contribution in [3.8, 4) is 0 Å². The van der Waals surface area contributed by atoms with E-state index in [-0.39, 0.29) is 23.7 Å². The number of carbonyl (C=O) groups excluding carboxylic acids is 1. The quantitative estimate of drug-likeness (QED) is 0.820. The number of hydrogen-bond donors (Lipinski definition) is 1.